The van der Waals surface area contributed by atoms with E-state index >= 15 is 0 Å². The molecule has 1 saturated carbocycles. The van der Waals surface area contributed by atoms with E-state index in [1.54, 1.807) is 0 Å². The SMILES string of the molecule is CC(C)CNC(=O)c1ccc(C(=O)N2CCC[C@@H]3CCCC[C@@H]32)c2ccccc12. The van der Waals surface area contributed by atoms with Crippen LogP contribution in [0, 0.1) is 11.8 Å². The zero-order valence-electron chi connectivity index (χ0n) is 17.6. The predicted octanol–water partition coefficient (Wildman–Crippen LogP) is 5.02. The molecule has 0 aromatic heterocycles. The number of benzene rings is 2. The minimum atomic E-state index is -0.0702. The highest BCUT2D eigenvalue weighted by Gasteiger charge is 2.36. The van der Waals surface area contributed by atoms with E-state index in [9.17, 15) is 9.59 Å². The van der Waals surface area contributed by atoms with Crippen LogP contribution in [0.25, 0.3) is 10.8 Å². The van der Waals surface area contributed by atoms with Crippen LogP contribution in [0.2, 0.25) is 0 Å². The third kappa shape index (κ3) is 4.03. The summed E-state index contributed by atoms with van der Waals surface area (Å²) in [6, 6.07) is 11.9. The molecular weight excluding hydrogens is 360 g/mol. The van der Waals surface area contributed by atoms with E-state index < -0.39 is 0 Å². The van der Waals surface area contributed by atoms with Gasteiger partial charge in [0, 0.05) is 30.3 Å². The number of likely N-dealkylation sites (tertiary alicyclic amines) is 1. The Balaban J connectivity index is 1.67. The minimum absolute atomic E-state index is 0.0702. The molecule has 0 spiro atoms. The van der Waals surface area contributed by atoms with Gasteiger partial charge in [-0.3, -0.25) is 9.59 Å². The van der Waals surface area contributed by atoms with Gasteiger partial charge in [-0.1, -0.05) is 51.0 Å². The van der Waals surface area contributed by atoms with Crippen molar-refractivity contribution in [3.05, 3.63) is 47.5 Å². The number of nitrogens with one attached hydrogen (secondary N) is 1. The van der Waals surface area contributed by atoms with Crippen molar-refractivity contribution in [3.8, 4) is 0 Å². The summed E-state index contributed by atoms with van der Waals surface area (Å²) in [6.45, 7) is 5.66. The molecule has 4 rings (SSSR count). The highest BCUT2D eigenvalue weighted by Crippen LogP contribution is 2.36. The third-order valence-corrected chi connectivity index (χ3v) is 6.57. The number of carbonyl (C=O) groups excluding carboxylic acids is 2. The molecule has 4 heteroatoms. The van der Waals surface area contributed by atoms with Gasteiger partial charge in [0.05, 0.1) is 0 Å². The molecule has 2 atom stereocenters. The maximum absolute atomic E-state index is 13.6. The van der Waals surface area contributed by atoms with E-state index in [2.05, 4.69) is 24.1 Å². The first-order chi connectivity index (χ1) is 14.1. The predicted molar refractivity (Wildman–Crippen MR) is 117 cm³/mol. The number of nitrogens with zero attached hydrogens (tertiary/aromatic N) is 1. The van der Waals surface area contributed by atoms with Crippen LogP contribution in [-0.2, 0) is 0 Å². The monoisotopic (exact) mass is 392 g/mol. The summed E-state index contributed by atoms with van der Waals surface area (Å²) >= 11 is 0. The van der Waals surface area contributed by atoms with Gasteiger partial charge >= 0.3 is 0 Å². The van der Waals surface area contributed by atoms with E-state index in [1.807, 2.05) is 36.4 Å². The van der Waals surface area contributed by atoms with Crippen LogP contribution in [0.4, 0.5) is 0 Å². The van der Waals surface area contributed by atoms with Crippen LogP contribution in [-0.4, -0.2) is 35.8 Å². The van der Waals surface area contributed by atoms with E-state index in [1.165, 1.54) is 25.7 Å². The number of piperidine rings is 1. The van der Waals surface area contributed by atoms with Crippen LogP contribution >= 0.6 is 0 Å². The lowest BCUT2D eigenvalue weighted by Crippen LogP contribution is -2.49. The lowest BCUT2D eigenvalue weighted by Gasteiger charge is -2.44. The van der Waals surface area contributed by atoms with Crippen molar-refractivity contribution in [2.75, 3.05) is 13.1 Å². The van der Waals surface area contributed by atoms with Crippen LogP contribution in [0.3, 0.4) is 0 Å². The molecule has 1 saturated heterocycles. The Labute approximate surface area is 173 Å². The van der Waals surface area contributed by atoms with Crippen molar-refractivity contribution in [3.63, 3.8) is 0 Å². The average Bonchev–Trinajstić information content (AvgIpc) is 2.75. The van der Waals surface area contributed by atoms with Gasteiger partial charge in [0.1, 0.15) is 0 Å². The maximum atomic E-state index is 13.6. The van der Waals surface area contributed by atoms with Gasteiger partial charge in [-0.25, -0.2) is 0 Å². The smallest absolute Gasteiger partial charge is 0.254 e. The van der Waals surface area contributed by atoms with Crippen molar-refractivity contribution in [2.24, 2.45) is 11.8 Å². The number of amides is 2. The van der Waals surface area contributed by atoms with Gasteiger partial charge in [-0.05, 0) is 60.4 Å². The summed E-state index contributed by atoms with van der Waals surface area (Å²) in [6.07, 6.45) is 7.26. The van der Waals surface area contributed by atoms with E-state index in [0.29, 0.717) is 30.0 Å². The number of carbonyl (C=O) groups is 2. The van der Waals surface area contributed by atoms with Crippen molar-refractivity contribution in [1.82, 2.24) is 10.2 Å². The first-order valence-corrected chi connectivity index (χ1v) is 11.2. The quantitative estimate of drug-likeness (QED) is 0.794. The lowest BCUT2D eigenvalue weighted by atomic mass is 9.78. The van der Waals surface area contributed by atoms with Crippen LogP contribution in [0.15, 0.2) is 36.4 Å². The Bertz CT molecular complexity index is 903. The summed E-state index contributed by atoms with van der Waals surface area (Å²) in [7, 11) is 0. The van der Waals surface area contributed by atoms with Crippen molar-refractivity contribution >= 4 is 22.6 Å². The molecule has 154 valence electrons. The normalized spacial score (nSPS) is 21.8. The molecule has 2 aromatic carbocycles. The molecule has 1 heterocycles. The second-order valence-electron chi connectivity index (χ2n) is 9.06. The van der Waals surface area contributed by atoms with Gasteiger partial charge in [-0.15, -0.1) is 0 Å². The van der Waals surface area contributed by atoms with Crippen LogP contribution < -0.4 is 5.32 Å². The molecule has 29 heavy (non-hydrogen) atoms. The van der Waals surface area contributed by atoms with E-state index in [-0.39, 0.29) is 11.8 Å². The fraction of sp³-hybridized carbons (Fsp3) is 0.520. The van der Waals surface area contributed by atoms with E-state index in [4.69, 9.17) is 0 Å². The molecule has 1 aliphatic heterocycles. The first kappa shape index (κ1) is 19.9. The zero-order chi connectivity index (χ0) is 20.4. The van der Waals surface area contributed by atoms with Crippen LogP contribution in [0.1, 0.15) is 73.1 Å². The molecule has 2 amide bonds. The van der Waals surface area contributed by atoms with Gasteiger partial charge < -0.3 is 10.2 Å². The average molecular weight is 393 g/mol. The molecule has 2 aromatic rings. The van der Waals surface area contributed by atoms with Gasteiger partial charge in [0.15, 0.2) is 0 Å². The second kappa shape index (κ2) is 8.56. The summed E-state index contributed by atoms with van der Waals surface area (Å²) in [4.78, 5) is 28.4. The molecule has 0 radical (unpaired) electrons. The van der Waals surface area contributed by atoms with Crippen molar-refractivity contribution < 1.29 is 9.59 Å². The molecular formula is C25H32N2O2. The molecule has 4 nitrogen and oxygen atoms in total. The maximum Gasteiger partial charge on any atom is 0.254 e. The Morgan fingerprint density at radius 3 is 2.38 bits per heavy atom. The summed E-state index contributed by atoms with van der Waals surface area (Å²) in [5.41, 5.74) is 1.37. The largest absolute Gasteiger partial charge is 0.352 e. The third-order valence-electron chi connectivity index (χ3n) is 6.57. The highest BCUT2D eigenvalue weighted by molar-refractivity contribution is 6.14. The number of hydrogen-bond acceptors (Lipinski definition) is 2. The Morgan fingerprint density at radius 1 is 0.966 bits per heavy atom. The molecule has 1 aliphatic carbocycles. The second-order valence-corrected chi connectivity index (χ2v) is 9.06. The zero-order valence-corrected chi connectivity index (χ0v) is 17.6. The van der Waals surface area contributed by atoms with E-state index in [0.717, 1.165) is 35.7 Å². The molecule has 1 N–H and O–H groups in total. The molecule has 0 bridgehead atoms. The fourth-order valence-electron chi connectivity index (χ4n) is 5.11. The minimum Gasteiger partial charge on any atom is -0.352 e. The summed E-state index contributed by atoms with van der Waals surface area (Å²) in [5, 5.41) is 4.75. The number of rotatable bonds is 4. The Hall–Kier alpha value is -2.36. The van der Waals surface area contributed by atoms with Crippen molar-refractivity contribution in [1.29, 1.82) is 0 Å². The topological polar surface area (TPSA) is 49.4 Å². The standard InChI is InChI=1S/C25H32N2O2/c1-17(2)16-26-24(28)21-13-14-22(20-11-5-4-10-19(20)21)25(29)27-15-7-9-18-8-3-6-12-23(18)27/h4-5,10-11,13-14,17-18,23H,3,6-9,12,15-16H2,1-2H3,(H,26,28)/t18-,23-/m0/s1. The van der Waals surface area contributed by atoms with Gasteiger partial charge in [-0.2, -0.15) is 0 Å². The Morgan fingerprint density at radius 2 is 1.62 bits per heavy atom. The number of fused-ring (bicyclic) bond motifs is 2. The molecule has 0 unspecified atom stereocenters. The van der Waals surface area contributed by atoms with Crippen molar-refractivity contribution in [2.45, 2.75) is 58.4 Å². The molecule has 2 aliphatic rings. The fourth-order valence-corrected chi connectivity index (χ4v) is 5.11. The number of hydrogen-bond donors (Lipinski definition) is 1. The Kier molecular flexibility index (Phi) is 5.89. The highest BCUT2D eigenvalue weighted by atomic mass is 16.2. The lowest BCUT2D eigenvalue weighted by molar-refractivity contribution is 0.0392. The van der Waals surface area contributed by atoms with Gasteiger partial charge in [0.2, 0.25) is 0 Å². The first-order valence-electron chi connectivity index (χ1n) is 11.2. The summed E-state index contributed by atoms with van der Waals surface area (Å²) in [5.74, 6) is 1.12. The molecule has 2 fully saturated rings. The van der Waals surface area contributed by atoms with Gasteiger partial charge in [0.25, 0.3) is 11.8 Å². The summed E-state index contributed by atoms with van der Waals surface area (Å²) < 4.78 is 0. The van der Waals surface area contributed by atoms with Crippen LogP contribution in [0.5, 0.6) is 0 Å².